The molecule has 2 aliphatic rings. The summed E-state index contributed by atoms with van der Waals surface area (Å²) in [6.45, 7) is 5.49. The van der Waals surface area contributed by atoms with Gasteiger partial charge in [0, 0.05) is 32.2 Å². The zero-order chi connectivity index (χ0) is 17.6. The van der Waals surface area contributed by atoms with Gasteiger partial charge >= 0.3 is 6.03 Å². The second kappa shape index (κ2) is 8.68. The van der Waals surface area contributed by atoms with Gasteiger partial charge in [-0.2, -0.15) is 0 Å². The van der Waals surface area contributed by atoms with Crippen LogP contribution in [0.5, 0.6) is 0 Å². The van der Waals surface area contributed by atoms with E-state index >= 15 is 0 Å². The van der Waals surface area contributed by atoms with Gasteiger partial charge < -0.3 is 15.7 Å². The quantitative estimate of drug-likeness (QED) is 0.767. The molecule has 0 aromatic heterocycles. The van der Waals surface area contributed by atoms with Gasteiger partial charge in [0.05, 0.1) is 6.10 Å². The monoisotopic (exact) mass is 345 g/mol. The standard InChI is InChI=1S/C20H31N3O2/c1-15(23-10-9-17-6-2-3-7-18(17)14-23)12-21-20(25)22-13-16-5-4-8-19(24)11-16/h2-3,6-7,15-16,19,24H,4-5,8-14H2,1H3,(H2,21,22,25). The summed E-state index contributed by atoms with van der Waals surface area (Å²) in [5, 5.41) is 15.7. The Morgan fingerprint density at radius 3 is 2.88 bits per heavy atom. The van der Waals surface area contributed by atoms with Crippen molar-refractivity contribution in [2.75, 3.05) is 19.6 Å². The third kappa shape index (κ3) is 5.19. The molecule has 1 aromatic carbocycles. The molecule has 3 unspecified atom stereocenters. The first kappa shape index (κ1) is 18.2. The van der Waals surface area contributed by atoms with Gasteiger partial charge in [-0.1, -0.05) is 30.7 Å². The average Bonchev–Trinajstić information content (AvgIpc) is 2.64. The molecule has 0 bridgehead atoms. The minimum atomic E-state index is -0.189. The van der Waals surface area contributed by atoms with E-state index < -0.39 is 0 Å². The summed E-state index contributed by atoms with van der Waals surface area (Å²) in [5.41, 5.74) is 2.85. The maximum Gasteiger partial charge on any atom is 0.314 e. The Morgan fingerprint density at radius 2 is 2.08 bits per heavy atom. The van der Waals surface area contributed by atoms with Crippen LogP contribution in [0.15, 0.2) is 24.3 Å². The van der Waals surface area contributed by atoms with E-state index in [0.29, 0.717) is 25.0 Å². The molecule has 0 radical (unpaired) electrons. The number of hydrogen-bond donors (Lipinski definition) is 3. The molecule has 0 spiro atoms. The van der Waals surface area contributed by atoms with Gasteiger partial charge in [0.25, 0.3) is 0 Å². The summed E-state index contributed by atoms with van der Waals surface area (Å²) >= 11 is 0. The van der Waals surface area contributed by atoms with Crippen molar-refractivity contribution in [1.29, 1.82) is 0 Å². The molecular formula is C20H31N3O2. The molecule has 5 heteroatoms. The van der Waals surface area contributed by atoms with E-state index in [0.717, 1.165) is 45.2 Å². The number of carbonyl (C=O) groups is 1. The summed E-state index contributed by atoms with van der Waals surface area (Å²) in [4.78, 5) is 14.5. The Kier molecular flexibility index (Phi) is 6.32. The Bertz CT molecular complexity index is 578. The van der Waals surface area contributed by atoms with E-state index in [9.17, 15) is 9.90 Å². The van der Waals surface area contributed by atoms with Gasteiger partial charge in [0.15, 0.2) is 0 Å². The summed E-state index contributed by atoms with van der Waals surface area (Å²) in [6, 6.07) is 8.84. The van der Waals surface area contributed by atoms with Crippen LogP contribution < -0.4 is 10.6 Å². The van der Waals surface area contributed by atoms with Crippen LogP contribution in [-0.2, 0) is 13.0 Å². The molecule has 5 nitrogen and oxygen atoms in total. The van der Waals surface area contributed by atoms with Crippen LogP contribution in [0.3, 0.4) is 0 Å². The highest BCUT2D eigenvalue weighted by molar-refractivity contribution is 5.73. The van der Waals surface area contributed by atoms with E-state index in [4.69, 9.17) is 0 Å². The van der Waals surface area contributed by atoms with Crippen LogP contribution in [0.1, 0.15) is 43.7 Å². The molecule has 3 atom stereocenters. The number of carbonyl (C=O) groups excluding carboxylic acids is 1. The van der Waals surface area contributed by atoms with E-state index in [-0.39, 0.29) is 12.1 Å². The first-order valence-electron chi connectivity index (χ1n) is 9.62. The molecule has 1 saturated carbocycles. The van der Waals surface area contributed by atoms with Crippen molar-refractivity contribution in [3.8, 4) is 0 Å². The zero-order valence-corrected chi connectivity index (χ0v) is 15.2. The fourth-order valence-electron chi connectivity index (χ4n) is 4.01. The minimum Gasteiger partial charge on any atom is -0.393 e. The summed E-state index contributed by atoms with van der Waals surface area (Å²) in [5.74, 6) is 0.408. The molecule has 1 aromatic rings. The Balaban J connectivity index is 1.37. The van der Waals surface area contributed by atoms with Crippen molar-refractivity contribution in [3.63, 3.8) is 0 Å². The van der Waals surface area contributed by atoms with Crippen LogP contribution in [0.4, 0.5) is 4.79 Å². The highest BCUT2D eigenvalue weighted by Crippen LogP contribution is 2.23. The minimum absolute atomic E-state index is 0.0932. The smallest absolute Gasteiger partial charge is 0.314 e. The molecule has 1 fully saturated rings. The van der Waals surface area contributed by atoms with Crippen LogP contribution in [0, 0.1) is 5.92 Å². The lowest BCUT2D eigenvalue weighted by molar-refractivity contribution is 0.101. The van der Waals surface area contributed by atoms with Gasteiger partial charge in [0.1, 0.15) is 0 Å². The highest BCUT2D eigenvalue weighted by Gasteiger charge is 2.22. The second-order valence-corrected chi connectivity index (χ2v) is 7.62. The van der Waals surface area contributed by atoms with Crippen molar-refractivity contribution >= 4 is 6.03 Å². The summed E-state index contributed by atoms with van der Waals surface area (Å²) in [7, 11) is 0. The molecule has 0 saturated heterocycles. The molecule has 25 heavy (non-hydrogen) atoms. The number of urea groups is 1. The number of aliphatic hydroxyl groups excluding tert-OH is 1. The maximum atomic E-state index is 12.0. The molecule has 1 heterocycles. The normalized spacial score (nSPS) is 25.0. The summed E-state index contributed by atoms with van der Waals surface area (Å²) in [6.07, 6.45) is 4.76. The van der Waals surface area contributed by atoms with Crippen molar-refractivity contribution in [2.45, 2.75) is 57.7 Å². The van der Waals surface area contributed by atoms with Crippen LogP contribution in [-0.4, -0.2) is 47.8 Å². The lowest BCUT2D eigenvalue weighted by Gasteiger charge is -2.33. The Hall–Kier alpha value is -1.59. The number of amides is 2. The zero-order valence-electron chi connectivity index (χ0n) is 15.2. The molecule has 3 rings (SSSR count). The fourth-order valence-corrected chi connectivity index (χ4v) is 4.01. The van der Waals surface area contributed by atoms with Crippen LogP contribution in [0.25, 0.3) is 0 Å². The van der Waals surface area contributed by atoms with Crippen LogP contribution in [0.2, 0.25) is 0 Å². The van der Waals surface area contributed by atoms with E-state index in [1.165, 1.54) is 11.1 Å². The lowest BCUT2D eigenvalue weighted by Crippen LogP contribution is -2.47. The molecule has 1 aliphatic carbocycles. The fraction of sp³-hybridized carbons (Fsp3) is 0.650. The Morgan fingerprint density at radius 1 is 1.28 bits per heavy atom. The number of aliphatic hydroxyl groups is 1. The van der Waals surface area contributed by atoms with Crippen molar-refractivity contribution in [3.05, 3.63) is 35.4 Å². The van der Waals surface area contributed by atoms with E-state index in [2.05, 4.69) is 46.7 Å². The number of hydrogen-bond acceptors (Lipinski definition) is 3. The first-order valence-corrected chi connectivity index (χ1v) is 9.62. The van der Waals surface area contributed by atoms with Gasteiger partial charge in [-0.15, -0.1) is 0 Å². The Labute approximate surface area is 150 Å². The predicted molar refractivity (Wildman–Crippen MR) is 99.4 cm³/mol. The SMILES string of the molecule is CC(CNC(=O)NCC1CCCC(O)C1)N1CCc2ccccc2C1. The van der Waals surface area contributed by atoms with Gasteiger partial charge in [-0.3, -0.25) is 4.90 Å². The van der Waals surface area contributed by atoms with Crippen LogP contribution >= 0.6 is 0 Å². The van der Waals surface area contributed by atoms with Crippen molar-refractivity contribution in [2.24, 2.45) is 5.92 Å². The number of nitrogens with zero attached hydrogens (tertiary/aromatic N) is 1. The summed E-state index contributed by atoms with van der Waals surface area (Å²) < 4.78 is 0. The third-order valence-electron chi connectivity index (χ3n) is 5.65. The van der Waals surface area contributed by atoms with Gasteiger partial charge in [-0.05, 0) is 49.7 Å². The molecule has 3 N–H and O–H groups in total. The largest absolute Gasteiger partial charge is 0.393 e. The number of nitrogens with one attached hydrogen (secondary N) is 2. The third-order valence-corrected chi connectivity index (χ3v) is 5.65. The average molecular weight is 345 g/mol. The van der Waals surface area contributed by atoms with Gasteiger partial charge in [0.2, 0.25) is 0 Å². The van der Waals surface area contributed by atoms with E-state index in [1.54, 1.807) is 0 Å². The van der Waals surface area contributed by atoms with Crippen molar-refractivity contribution in [1.82, 2.24) is 15.5 Å². The predicted octanol–water partition coefficient (Wildman–Crippen LogP) is 2.28. The lowest BCUT2D eigenvalue weighted by atomic mass is 9.87. The molecule has 1 aliphatic heterocycles. The van der Waals surface area contributed by atoms with E-state index in [1.807, 2.05) is 0 Å². The first-order chi connectivity index (χ1) is 12.1. The number of rotatable bonds is 5. The van der Waals surface area contributed by atoms with Gasteiger partial charge in [-0.25, -0.2) is 4.79 Å². The number of fused-ring (bicyclic) bond motifs is 1. The molecular weight excluding hydrogens is 314 g/mol. The second-order valence-electron chi connectivity index (χ2n) is 7.62. The molecule has 138 valence electrons. The number of benzene rings is 1. The molecule has 2 amide bonds. The topological polar surface area (TPSA) is 64.6 Å². The van der Waals surface area contributed by atoms with Crippen molar-refractivity contribution < 1.29 is 9.90 Å². The maximum absolute atomic E-state index is 12.0. The highest BCUT2D eigenvalue weighted by atomic mass is 16.3.